The van der Waals surface area contributed by atoms with Gasteiger partial charge in [-0.25, -0.2) is 0 Å². The molecule has 0 aromatic heterocycles. The summed E-state index contributed by atoms with van der Waals surface area (Å²) in [6.07, 6.45) is -0.161. The summed E-state index contributed by atoms with van der Waals surface area (Å²) < 4.78 is 52.7. The largest absolute Gasteiger partial charge is 0.497 e. The Morgan fingerprint density at radius 3 is 2.28 bits per heavy atom. The topological polar surface area (TPSA) is 41.9 Å². The number of piperidine rings is 1. The van der Waals surface area contributed by atoms with Crippen molar-refractivity contribution in [1.82, 2.24) is 4.90 Å². The SMILES string of the molecule is CCC(CCC(O)(c1ccc(OC)cc1)N1CCCCC1)Oc1cc(C(F)(F)F)c2ccccc2c1. The summed E-state index contributed by atoms with van der Waals surface area (Å²) >= 11 is 0. The summed E-state index contributed by atoms with van der Waals surface area (Å²) in [5, 5.41) is 12.6. The highest BCUT2D eigenvalue weighted by Crippen LogP contribution is 2.39. The van der Waals surface area contributed by atoms with Gasteiger partial charge in [0.2, 0.25) is 0 Å². The predicted molar refractivity (Wildman–Crippen MR) is 135 cm³/mol. The van der Waals surface area contributed by atoms with Gasteiger partial charge >= 0.3 is 6.18 Å². The van der Waals surface area contributed by atoms with Crippen LogP contribution in [0, 0.1) is 0 Å². The van der Waals surface area contributed by atoms with Crippen LogP contribution in [0.2, 0.25) is 0 Å². The number of likely N-dealkylation sites (tertiary alicyclic amines) is 1. The molecule has 1 heterocycles. The number of hydrogen-bond donors (Lipinski definition) is 1. The Kier molecular flexibility index (Phi) is 8.10. The van der Waals surface area contributed by atoms with Crippen LogP contribution in [0.15, 0.2) is 60.7 Å². The summed E-state index contributed by atoms with van der Waals surface area (Å²) in [6.45, 7) is 3.53. The van der Waals surface area contributed by atoms with E-state index in [0.717, 1.165) is 44.0 Å². The molecule has 1 aliphatic rings. The van der Waals surface area contributed by atoms with Crippen molar-refractivity contribution in [3.63, 3.8) is 0 Å². The Labute approximate surface area is 210 Å². The molecular weight excluding hydrogens is 467 g/mol. The van der Waals surface area contributed by atoms with Crippen molar-refractivity contribution in [3.8, 4) is 11.5 Å². The molecule has 194 valence electrons. The van der Waals surface area contributed by atoms with Crippen LogP contribution in [0.4, 0.5) is 13.2 Å². The fourth-order valence-electron chi connectivity index (χ4n) is 5.09. The third-order valence-electron chi connectivity index (χ3n) is 7.15. The fourth-order valence-corrected chi connectivity index (χ4v) is 5.09. The molecule has 1 saturated heterocycles. The highest BCUT2D eigenvalue weighted by atomic mass is 19.4. The summed E-state index contributed by atoms with van der Waals surface area (Å²) in [5.74, 6) is 0.908. The second kappa shape index (κ2) is 11.1. The number of rotatable bonds is 9. The molecule has 0 bridgehead atoms. The zero-order valence-electron chi connectivity index (χ0n) is 20.9. The fraction of sp³-hybridized carbons (Fsp3) is 0.448. The number of halogens is 3. The maximum atomic E-state index is 13.8. The van der Waals surface area contributed by atoms with Gasteiger partial charge in [0.05, 0.1) is 18.8 Å². The van der Waals surface area contributed by atoms with Gasteiger partial charge in [-0.2, -0.15) is 13.2 Å². The molecule has 0 amide bonds. The van der Waals surface area contributed by atoms with Crippen LogP contribution in [0.3, 0.4) is 0 Å². The Morgan fingerprint density at radius 1 is 0.944 bits per heavy atom. The number of benzene rings is 3. The number of fused-ring (bicyclic) bond motifs is 1. The van der Waals surface area contributed by atoms with Gasteiger partial charge in [-0.1, -0.05) is 49.7 Å². The van der Waals surface area contributed by atoms with Gasteiger partial charge in [-0.3, -0.25) is 4.90 Å². The van der Waals surface area contributed by atoms with Crippen molar-refractivity contribution in [2.24, 2.45) is 0 Å². The normalized spacial score (nSPS) is 17.5. The average molecular weight is 502 g/mol. The first-order chi connectivity index (χ1) is 17.2. The second-order valence-corrected chi connectivity index (χ2v) is 9.47. The monoisotopic (exact) mass is 501 g/mol. The molecule has 0 spiro atoms. The zero-order chi connectivity index (χ0) is 25.8. The molecule has 7 heteroatoms. The van der Waals surface area contributed by atoms with Gasteiger partial charge < -0.3 is 14.6 Å². The molecule has 4 rings (SSSR count). The minimum atomic E-state index is -4.48. The Morgan fingerprint density at radius 2 is 1.64 bits per heavy atom. The lowest BCUT2D eigenvalue weighted by Crippen LogP contribution is -2.49. The Bertz CT molecular complexity index is 1140. The highest BCUT2D eigenvalue weighted by molar-refractivity contribution is 5.87. The third kappa shape index (κ3) is 5.79. The lowest BCUT2D eigenvalue weighted by Gasteiger charge is -2.43. The van der Waals surface area contributed by atoms with Crippen molar-refractivity contribution in [2.75, 3.05) is 20.2 Å². The predicted octanol–water partition coefficient (Wildman–Crippen LogP) is 7.14. The molecule has 1 N–H and O–H groups in total. The number of hydrogen-bond acceptors (Lipinski definition) is 4. The van der Waals surface area contributed by atoms with Crippen LogP contribution in [0.25, 0.3) is 10.8 Å². The number of nitrogens with zero attached hydrogens (tertiary/aromatic N) is 1. The van der Waals surface area contributed by atoms with E-state index in [4.69, 9.17) is 9.47 Å². The van der Waals surface area contributed by atoms with Gasteiger partial charge in [0.15, 0.2) is 0 Å². The molecule has 36 heavy (non-hydrogen) atoms. The molecule has 0 radical (unpaired) electrons. The molecule has 0 aliphatic carbocycles. The molecule has 2 atom stereocenters. The smallest absolute Gasteiger partial charge is 0.417 e. The third-order valence-corrected chi connectivity index (χ3v) is 7.15. The van der Waals surface area contributed by atoms with Crippen LogP contribution in [0.1, 0.15) is 56.6 Å². The standard InChI is InChI=1S/C29H34F3NO3/c1-3-23(36-25-19-21-9-5-6-10-26(21)27(20-25)29(30,31)32)15-16-28(34,33-17-7-4-8-18-33)22-11-13-24(35-2)14-12-22/h5-6,9-14,19-20,23,34H,3-4,7-8,15-18H2,1-2H3. The van der Waals surface area contributed by atoms with E-state index in [9.17, 15) is 18.3 Å². The highest BCUT2D eigenvalue weighted by Gasteiger charge is 2.38. The van der Waals surface area contributed by atoms with E-state index in [2.05, 4.69) is 4.90 Å². The molecule has 1 fully saturated rings. The number of alkyl halides is 3. The van der Waals surface area contributed by atoms with Crippen LogP contribution in [-0.2, 0) is 11.9 Å². The van der Waals surface area contributed by atoms with Gasteiger partial charge in [0.25, 0.3) is 0 Å². The van der Waals surface area contributed by atoms with Crippen LogP contribution >= 0.6 is 0 Å². The number of aliphatic hydroxyl groups is 1. The maximum absolute atomic E-state index is 13.8. The molecular formula is C29H34F3NO3. The minimum absolute atomic E-state index is 0.157. The first-order valence-electron chi connectivity index (χ1n) is 12.6. The first-order valence-corrected chi connectivity index (χ1v) is 12.6. The maximum Gasteiger partial charge on any atom is 0.417 e. The Hall–Kier alpha value is -2.77. The lowest BCUT2D eigenvalue weighted by atomic mass is 9.91. The zero-order valence-corrected chi connectivity index (χ0v) is 20.9. The van der Waals surface area contributed by atoms with Crippen LogP contribution in [-0.4, -0.2) is 36.3 Å². The van der Waals surface area contributed by atoms with Gasteiger partial charge in [0.1, 0.15) is 17.2 Å². The van der Waals surface area contributed by atoms with E-state index >= 15 is 0 Å². The quantitative estimate of drug-likeness (QED) is 0.339. The van der Waals surface area contributed by atoms with Crippen molar-refractivity contribution in [2.45, 2.75) is 63.5 Å². The first kappa shape index (κ1) is 26.3. The van der Waals surface area contributed by atoms with Gasteiger partial charge in [-0.05, 0) is 72.7 Å². The van der Waals surface area contributed by atoms with Crippen molar-refractivity contribution < 1.29 is 27.8 Å². The van der Waals surface area contributed by atoms with E-state index < -0.39 is 17.5 Å². The van der Waals surface area contributed by atoms with E-state index in [0.29, 0.717) is 30.4 Å². The molecule has 3 aromatic carbocycles. The molecule has 4 nitrogen and oxygen atoms in total. The molecule has 1 aliphatic heterocycles. The molecule has 0 saturated carbocycles. The van der Waals surface area contributed by atoms with Crippen LogP contribution < -0.4 is 9.47 Å². The molecule has 3 aromatic rings. The summed E-state index contributed by atoms with van der Waals surface area (Å²) in [6, 6.07) is 16.7. The number of methoxy groups -OCH3 is 1. The van der Waals surface area contributed by atoms with E-state index in [1.165, 1.54) is 6.07 Å². The lowest BCUT2D eigenvalue weighted by molar-refractivity contribution is -0.136. The van der Waals surface area contributed by atoms with Crippen LogP contribution in [0.5, 0.6) is 11.5 Å². The molecule has 2 unspecified atom stereocenters. The summed E-state index contributed by atoms with van der Waals surface area (Å²) in [4.78, 5) is 2.11. The van der Waals surface area contributed by atoms with E-state index in [1.807, 2.05) is 31.2 Å². The van der Waals surface area contributed by atoms with Crippen molar-refractivity contribution >= 4 is 10.8 Å². The number of ether oxygens (including phenoxy) is 2. The summed E-state index contributed by atoms with van der Waals surface area (Å²) in [5.41, 5.74) is -1.11. The average Bonchev–Trinajstić information content (AvgIpc) is 2.90. The second-order valence-electron chi connectivity index (χ2n) is 9.47. The van der Waals surface area contributed by atoms with Gasteiger partial charge in [0, 0.05) is 13.1 Å². The van der Waals surface area contributed by atoms with Crippen molar-refractivity contribution in [3.05, 3.63) is 71.8 Å². The van der Waals surface area contributed by atoms with E-state index in [1.54, 1.807) is 31.4 Å². The van der Waals surface area contributed by atoms with Crippen molar-refractivity contribution in [1.29, 1.82) is 0 Å². The Balaban J connectivity index is 1.57. The van der Waals surface area contributed by atoms with Gasteiger partial charge in [-0.15, -0.1) is 0 Å². The minimum Gasteiger partial charge on any atom is -0.497 e. The van der Waals surface area contributed by atoms with E-state index in [-0.39, 0.29) is 17.2 Å². The summed E-state index contributed by atoms with van der Waals surface area (Å²) in [7, 11) is 1.60.